The first-order chi connectivity index (χ1) is 9.02. The van der Waals surface area contributed by atoms with Crippen LogP contribution in [0.5, 0.6) is 0 Å². The SMILES string of the molecule is Cl.Cl.Fc1ccc(F)c([C@@H](C(F)F)N2CCNCC2)c1F. The van der Waals surface area contributed by atoms with Crippen molar-refractivity contribution in [2.45, 2.75) is 12.5 Å². The van der Waals surface area contributed by atoms with E-state index in [0.29, 0.717) is 25.2 Å². The van der Waals surface area contributed by atoms with Crippen LogP contribution in [0.15, 0.2) is 12.1 Å². The fraction of sp³-hybridized carbons (Fsp3) is 0.500. The lowest BCUT2D eigenvalue weighted by atomic mass is 10.0. The van der Waals surface area contributed by atoms with E-state index in [9.17, 15) is 22.0 Å². The summed E-state index contributed by atoms with van der Waals surface area (Å²) in [6.45, 7) is 1.35. The molecular weight excluding hydrogens is 338 g/mol. The molecule has 0 aliphatic carbocycles. The van der Waals surface area contributed by atoms with Crippen molar-refractivity contribution in [1.82, 2.24) is 10.2 Å². The Balaban J connectivity index is 0.00000200. The van der Waals surface area contributed by atoms with E-state index in [4.69, 9.17) is 0 Å². The van der Waals surface area contributed by atoms with Gasteiger partial charge in [-0.05, 0) is 12.1 Å². The lowest BCUT2D eigenvalue weighted by Crippen LogP contribution is -2.47. The van der Waals surface area contributed by atoms with Crippen molar-refractivity contribution in [2.24, 2.45) is 0 Å². The molecule has 0 aromatic heterocycles. The number of halogens is 7. The topological polar surface area (TPSA) is 15.3 Å². The lowest BCUT2D eigenvalue weighted by molar-refractivity contribution is 0.0142. The zero-order valence-electron chi connectivity index (χ0n) is 10.8. The number of rotatable bonds is 3. The molecule has 0 spiro atoms. The summed E-state index contributed by atoms with van der Waals surface area (Å²) in [5.74, 6) is -4.01. The Morgan fingerprint density at radius 1 is 0.952 bits per heavy atom. The van der Waals surface area contributed by atoms with Gasteiger partial charge in [-0.3, -0.25) is 4.90 Å². The van der Waals surface area contributed by atoms with E-state index >= 15 is 0 Å². The first kappa shape index (κ1) is 20.4. The lowest BCUT2D eigenvalue weighted by Gasteiger charge is -2.34. The average Bonchev–Trinajstić information content (AvgIpc) is 2.39. The minimum Gasteiger partial charge on any atom is -0.314 e. The number of alkyl halides is 2. The van der Waals surface area contributed by atoms with Crippen LogP contribution in [0.2, 0.25) is 0 Å². The fourth-order valence-electron chi connectivity index (χ4n) is 2.24. The van der Waals surface area contributed by atoms with E-state index in [0.717, 1.165) is 0 Å². The Morgan fingerprint density at radius 2 is 1.48 bits per heavy atom. The third kappa shape index (κ3) is 4.42. The highest BCUT2D eigenvalue weighted by Crippen LogP contribution is 2.32. The number of piperazine rings is 1. The second-order valence-corrected chi connectivity index (χ2v) is 4.32. The van der Waals surface area contributed by atoms with Crippen LogP contribution in [0.3, 0.4) is 0 Å². The predicted molar refractivity (Wildman–Crippen MR) is 74.0 cm³/mol. The second kappa shape index (κ2) is 8.73. The Kier molecular flexibility index (Phi) is 8.46. The smallest absolute Gasteiger partial charge is 0.258 e. The summed E-state index contributed by atoms with van der Waals surface area (Å²) in [5, 5.41) is 2.95. The van der Waals surface area contributed by atoms with E-state index in [2.05, 4.69) is 5.32 Å². The summed E-state index contributed by atoms with van der Waals surface area (Å²) < 4.78 is 66.7. The maximum atomic E-state index is 13.6. The summed E-state index contributed by atoms with van der Waals surface area (Å²) in [6.07, 6.45) is -3.00. The van der Waals surface area contributed by atoms with E-state index < -0.39 is 35.5 Å². The summed E-state index contributed by atoms with van der Waals surface area (Å²) in [4.78, 5) is 1.27. The standard InChI is InChI=1S/C12H13F5N2.2ClH/c13-7-1-2-8(14)10(15)9(7)11(12(16)17)19-5-3-18-4-6-19;;/h1-2,11-12,18H,3-6H2;2*1H/t11-;;/m0../s1. The first-order valence-corrected chi connectivity index (χ1v) is 5.88. The van der Waals surface area contributed by atoms with Gasteiger partial charge in [-0.2, -0.15) is 0 Å². The minimum atomic E-state index is -3.00. The maximum Gasteiger partial charge on any atom is 0.258 e. The van der Waals surface area contributed by atoms with E-state index in [1.54, 1.807) is 0 Å². The Bertz CT molecular complexity index is 456. The molecule has 0 bridgehead atoms. The van der Waals surface area contributed by atoms with Crippen LogP contribution in [-0.2, 0) is 0 Å². The normalized spacial score (nSPS) is 17.0. The van der Waals surface area contributed by atoms with Crippen molar-refractivity contribution in [3.05, 3.63) is 35.1 Å². The van der Waals surface area contributed by atoms with Crippen molar-refractivity contribution in [3.8, 4) is 0 Å². The number of hydrogen-bond acceptors (Lipinski definition) is 2. The Labute approximate surface area is 131 Å². The van der Waals surface area contributed by atoms with Crippen molar-refractivity contribution in [1.29, 1.82) is 0 Å². The molecule has 1 saturated heterocycles. The van der Waals surface area contributed by atoms with Crippen LogP contribution in [0.4, 0.5) is 22.0 Å². The van der Waals surface area contributed by atoms with Gasteiger partial charge in [0.2, 0.25) is 0 Å². The van der Waals surface area contributed by atoms with Crippen LogP contribution < -0.4 is 5.32 Å². The summed E-state index contributed by atoms with van der Waals surface area (Å²) in [6, 6.07) is -0.502. The van der Waals surface area contributed by atoms with Crippen molar-refractivity contribution in [2.75, 3.05) is 26.2 Å². The molecule has 9 heteroatoms. The van der Waals surface area contributed by atoms with Crippen LogP contribution in [-0.4, -0.2) is 37.5 Å². The molecule has 0 amide bonds. The molecule has 122 valence electrons. The Morgan fingerprint density at radius 3 is 2.00 bits per heavy atom. The number of benzene rings is 1. The molecule has 1 atom stereocenters. The minimum absolute atomic E-state index is 0. The quantitative estimate of drug-likeness (QED) is 0.664. The van der Waals surface area contributed by atoms with Gasteiger partial charge < -0.3 is 5.32 Å². The fourth-order valence-corrected chi connectivity index (χ4v) is 2.24. The molecule has 1 heterocycles. The van der Waals surface area contributed by atoms with Gasteiger partial charge in [-0.25, -0.2) is 22.0 Å². The molecule has 1 N–H and O–H groups in total. The van der Waals surface area contributed by atoms with Crippen LogP contribution >= 0.6 is 24.8 Å². The highest BCUT2D eigenvalue weighted by Gasteiger charge is 2.35. The number of hydrogen-bond donors (Lipinski definition) is 1. The van der Waals surface area contributed by atoms with Crippen molar-refractivity contribution >= 4 is 24.8 Å². The molecule has 1 aliphatic rings. The molecule has 1 aromatic rings. The molecule has 0 radical (unpaired) electrons. The van der Waals surface area contributed by atoms with Gasteiger partial charge >= 0.3 is 0 Å². The number of nitrogens with one attached hydrogen (secondary N) is 1. The molecule has 0 saturated carbocycles. The van der Waals surface area contributed by atoms with Gasteiger partial charge in [0.05, 0.1) is 0 Å². The van der Waals surface area contributed by atoms with Crippen molar-refractivity contribution < 1.29 is 22.0 Å². The Hall–Kier alpha value is -0.630. The van der Waals surface area contributed by atoms with Gasteiger partial charge in [0.25, 0.3) is 6.43 Å². The monoisotopic (exact) mass is 352 g/mol. The zero-order chi connectivity index (χ0) is 14.0. The third-order valence-electron chi connectivity index (χ3n) is 3.16. The molecule has 0 unspecified atom stereocenters. The highest BCUT2D eigenvalue weighted by molar-refractivity contribution is 5.85. The predicted octanol–water partition coefficient (Wildman–Crippen LogP) is 3.16. The van der Waals surface area contributed by atoms with Crippen LogP contribution in [0.25, 0.3) is 0 Å². The summed E-state index contributed by atoms with van der Waals surface area (Å²) in [5.41, 5.74) is -0.892. The van der Waals surface area contributed by atoms with E-state index in [-0.39, 0.29) is 37.9 Å². The van der Waals surface area contributed by atoms with E-state index in [1.165, 1.54) is 4.90 Å². The van der Waals surface area contributed by atoms with E-state index in [1.807, 2.05) is 0 Å². The molecule has 1 aliphatic heterocycles. The summed E-state index contributed by atoms with van der Waals surface area (Å²) in [7, 11) is 0. The van der Waals surface area contributed by atoms with Gasteiger partial charge in [-0.1, -0.05) is 0 Å². The molecule has 1 fully saturated rings. The third-order valence-corrected chi connectivity index (χ3v) is 3.16. The van der Waals surface area contributed by atoms with Gasteiger partial charge in [0, 0.05) is 31.7 Å². The van der Waals surface area contributed by atoms with Crippen molar-refractivity contribution in [3.63, 3.8) is 0 Å². The van der Waals surface area contributed by atoms with Crippen LogP contribution in [0, 0.1) is 17.5 Å². The highest BCUT2D eigenvalue weighted by atomic mass is 35.5. The zero-order valence-corrected chi connectivity index (χ0v) is 12.4. The van der Waals surface area contributed by atoms with Gasteiger partial charge in [0.1, 0.15) is 11.9 Å². The summed E-state index contributed by atoms with van der Waals surface area (Å²) >= 11 is 0. The first-order valence-electron chi connectivity index (χ1n) is 5.88. The van der Waals surface area contributed by atoms with Gasteiger partial charge in [-0.15, -0.1) is 24.8 Å². The molecular formula is C12H15Cl2F5N2. The second-order valence-electron chi connectivity index (χ2n) is 4.32. The molecule has 2 nitrogen and oxygen atoms in total. The number of nitrogens with zero attached hydrogens (tertiary/aromatic N) is 1. The molecule has 1 aromatic carbocycles. The van der Waals surface area contributed by atoms with Crippen LogP contribution in [0.1, 0.15) is 11.6 Å². The maximum absolute atomic E-state index is 13.6. The average molecular weight is 353 g/mol. The molecule has 2 rings (SSSR count). The largest absolute Gasteiger partial charge is 0.314 e. The van der Waals surface area contributed by atoms with Gasteiger partial charge in [0.15, 0.2) is 11.6 Å². The molecule has 21 heavy (non-hydrogen) atoms.